The number of rotatable bonds is 7. The van der Waals surface area contributed by atoms with Crippen molar-refractivity contribution in [3.8, 4) is 22.5 Å². The fraction of sp³-hybridized carbons (Fsp3) is 0.100. The summed E-state index contributed by atoms with van der Waals surface area (Å²) < 4.78 is 5.56. The zero-order valence-electron chi connectivity index (χ0n) is 20.2. The third-order valence-electron chi connectivity index (χ3n) is 5.85. The summed E-state index contributed by atoms with van der Waals surface area (Å²) >= 11 is 0. The first-order chi connectivity index (χ1) is 18.1. The molecule has 0 saturated carbocycles. The highest BCUT2D eigenvalue weighted by molar-refractivity contribution is 5.99. The Morgan fingerprint density at radius 2 is 1.38 bits per heavy atom. The van der Waals surface area contributed by atoms with E-state index in [1.54, 1.807) is 49.6 Å². The number of pyridine rings is 1. The van der Waals surface area contributed by atoms with Crippen LogP contribution in [-0.2, 0) is 9.53 Å². The maximum atomic E-state index is 13.0. The summed E-state index contributed by atoms with van der Waals surface area (Å²) in [7, 11) is 0. The van der Waals surface area contributed by atoms with Crippen molar-refractivity contribution in [2.75, 3.05) is 5.32 Å². The number of carbonyl (C=O) groups is 2. The molecule has 5 aromatic rings. The SMILES string of the molecule is CCC(OC(=O)c1ccc2nc(-c3ccccc3)c(-c3ccccc3)nc2c1)C(=O)Nc1ccncc1. The van der Waals surface area contributed by atoms with Gasteiger partial charge in [0.25, 0.3) is 5.91 Å². The zero-order chi connectivity index (χ0) is 25.6. The van der Waals surface area contributed by atoms with Crippen molar-refractivity contribution >= 4 is 28.6 Å². The predicted molar refractivity (Wildman–Crippen MR) is 143 cm³/mol. The van der Waals surface area contributed by atoms with Gasteiger partial charge in [0, 0.05) is 29.2 Å². The minimum absolute atomic E-state index is 0.295. The van der Waals surface area contributed by atoms with E-state index in [1.807, 2.05) is 60.7 Å². The summed E-state index contributed by atoms with van der Waals surface area (Å²) in [5.74, 6) is -1.00. The quantitative estimate of drug-likeness (QED) is 0.285. The molecule has 0 saturated heterocycles. The molecule has 1 atom stereocenters. The lowest BCUT2D eigenvalue weighted by atomic mass is 10.0. The maximum Gasteiger partial charge on any atom is 0.338 e. The molecule has 0 aliphatic rings. The van der Waals surface area contributed by atoms with Crippen molar-refractivity contribution in [3.63, 3.8) is 0 Å². The van der Waals surface area contributed by atoms with Crippen LogP contribution in [0.25, 0.3) is 33.5 Å². The lowest BCUT2D eigenvalue weighted by molar-refractivity contribution is -0.124. The fourth-order valence-corrected chi connectivity index (χ4v) is 3.95. The Balaban J connectivity index is 1.46. The highest BCUT2D eigenvalue weighted by Crippen LogP contribution is 2.31. The average Bonchev–Trinajstić information content (AvgIpc) is 2.96. The van der Waals surface area contributed by atoms with Gasteiger partial charge in [0.15, 0.2) is 6.10 Å². The second-order valence-corrected chi connectivity index (χ2v) is 8.38. The van der Waals surface area contributed by atoms with Crippen molar-refractivity contribution in [1.82, 2.24) is 15.0 Å². The Labute approximate surface area is 214 Å². The molecule has 37 heavy (non-hydrogen) atoms. The van der Waals surface area contributed by atoms with Crippen LogP contribution in [0.5, 0.6) is 0 Å². The number of nitrogens with one attached hydrogen (secondary N) is 1. The molecule has 7 nitrogen and oxygen atoms in total. The summed E-state index contributed by atoms with van der Waals surface area (Å²) in [6.07, 6.45) is 2.54. The van der Waals surface area contributed by atoms with Crippen LogP contribution in [-0.4, -0.2) is 32.9 Å². The molecule has 3 aromatic carbocycles. The number of aromatic nitrogens is 3. The molecule has 0 aliphatic carbocycles. The fourth-order valence-electron chi connectivity index (χ4n) is 3.95. The molecule has 2 aromatic heterocycles. The van der Waals surface area contributed by atoms with E-state index in [1.165, 1.54) is 0 Å². The molecule has 182 valence electrons. The first kappa shape index (κ1) is 23.8. The minimum Gasteiger partial charge on any atom is -0.449 e. The predicted octanol–water partition coefficient (Wildman–Crippen LogP) is 5.93. The summed E-state index contributed by atoms with van der Waals surface area (Å²) in [5.41, 5.74) is 5.43. The van der Waals surface area contributed by atoms with Crippen molar-refractivity contribution in [1.29, 1.82) is 0 Å². The molecule has 0 spiro atoms. The third-order valence-corrected chi connectivity index (χ3v) is 5.85. The van der Waals surface area contributed by atoms with Crippen LogP contribution in [0.4, 0.5) is 5.69 Å². The van der Waals surface area contributed by atoms with Gasteiger partial charge in [-0.05, 0) is 36.8 Å². The molecule has 1 N–H and O–H groups in total. The van der Waals surface area contributed by atoms with Crippen molar-refractivity contribution in [3.05, 3.63) is 109 Å². The van der Waals surface area contributed by atoms with Crippen LogP contribution in [0.2, 0.25) is 0 Å². The largest absolute Gasteiger partial charge is 0.449 e. The van der Waals surface area contributed by atoms with Gasteiger partial charge in [-0.15, -0.1) is 0 Å². The number of hydrogen-bond acceptors (Lipinski definition) is 6. The van der Waals surface area contributed by atoms with Crippen LogP contribution in [0.1, 0.15) is 23.7 Å². The highest BCUT2D eigenvalue weighted by Gasteiger charge is 2.23. The van der Waals surface area contributed by atoms with E-state index in [0.717, 1.165) is 16.8 Å². The van der Waals surface area contributed by atoms with Gasteiger partial charge in [-0.25, -0.2) is 14.8 Å². The maximum absolute atomic E-state index is 13.0. The van der Waals surface area contributed by atoms with E-state index < -0.39 is 18.0 Å². The number of benzene rings is 3. The van der Waals surface area contributed by atoms with Gasteiger partial charge in [-0.2, -0.15) is 0 Å². The number of hydrogen-bond donors (Lipinski definition) is 1. The number of fused-ring (bicyclic) bond motifs is 1. The van der Waals surface area contributed by atoms with Crippen LogP contribution < -0.4 is 5.32 Å². The van der Waals surface area contributed by atoms with E-state index in [2.05, 4.69) is 10.3 Å². The molecule has 0 bridgehead atoms. The second-order valence-electron chi connectivity index (χ2n) is 8.38. The molecule has 0 radical (unpaired) electrons. The normalized spacial score (nSPS) is 11.6. The van der Waals surface area contributed by atoms with Crippen LogP contribution in [0, 0.1) is 0 Å². The van der Waals surface area contributed by atoms with Gasteiger partial charge in [0.2, 0.25) is 0 Å². The summed E-state index contributed by atoms with van der Waals surface area (Å²) in [6.45, 7) is 1.78. The molecular weight excluding hydrogens is 464 g/mol. The number of anilines is 1. The van der Waals surface area contributed by atoms with Gasteiger partial charge in [-0.3, -0.25) is 9.78 Å². The number of amides is 1. The van der Waals surface area contributed by atoms with Crippen LogP contribution in [0.15, 0.2) is 103 Å². The van der Waals surface area contributed by atoms with E-state index in [-0.39, 0.29) is 0 Å². The summed E-state index contributed by atoms with van der Waals surface area (Å²) in [6, 6.07) is 28.1. The highest BCUT2D eigenvalue weighted by atomic mass is 16.5. The van der Waals surface area contributed by atoms with Gasteiger partial charge in [-0.1, -0.05) is 67.6 Å². The molecule has 5 rings (SSSR count). The standard InChI is InChI=1S/C30H24N4O3/c1-2-26(29(35)32-23-15-17-31-18-16-23)37-30(36)22-13-14-24-25(19-22)34-28(21-11-7-4-8-12-21)27(33-24)20-9-5-3-6-10-20/h3-19,26H,2H2,1H3,(H,31,32,35). The molecule has 0 fully saturated rings. The third kappa shape index (κ3) is 5.36. The molecule has 1 unspecified atom stereocenters. The number of esters is 1. The van der Waals surface area contributed by atoms with E-state index in [0.29, 0.717) is 34.4 Å². The van der Waals surface area contributed by atoms with Gasteiger partial charge in [0.05, 0.1) is 28.0 Å². The van der Waals surface area contributed by atoms with Crippen LogP contribution in [0.3, 0.4) is 0 Å². The first-order valence-electron chi connectivity index (χ1n) is 12.0. The van der Waals surface area contributed by atoms with Gasteiger partial charge < -0.3 is 10.1 Å². The van der Waals surface area contributed by atoms with Crippen molar-refractivity contribution in [2.45, 2.75) is 19.4 Å². The summed E-state index contributed by atoms with van der Waals surface area (Å²) in [5, 5.41) is 2.75. The lowest BCUT2D eigenvalue weighted by Gasteiger charge is -2.16. The smallest absolute Gasteiger partial charge is 0.338 e. The minimum atomic E-state index is -0.942. The van der Waals surface area contributed by atoms with Crippen molar-refractivity contribution < 1.29 is 14.3 Å². The molecule has 0 aliphatic heterocycles. The number of carbonyl (C=O) groups excluding carboxylic acids is 2. The topological polar surface area (TPSA) is 94.1 Å². The Morgan fingerprint density at radius 1 is 0.784 bits per heavy atom. The van der Waals surface area contributed by atoms with Gasteiger partial charge in [0.1, 0.15) is 0 Å². The number of nitrogens with zero attached hydrogens (tertiary/aromatic N) is 3. The van der Waals surface area contributed by atoms with E-state index >= 15 is 0 Å². The summed E-state index contributed by atoms with van der Waals surface area (Å²) in [4.78, 5) is 39.4. The lowest BCUT2D eigenvalue weighted by Crippen LogP contribution is -2.32. The average molecular weight is 489 g/mol. The Morgan fingerprint density at radius 3 is 1.97 bits per heavy atom. The Hall–Kier alpha value is -4.91. The first-order valence-corrected chi connectivity index (χ1v) is 12.0. The Bertz CT molecular complexity index is 1540. The van der Waals surface area contributed by atoms with Crippen LogP contribution >= 0.6 is 0 Å². The monoisotopic (exact) mass is 488 g/mol. The molecule has 7 heteroatoms. The number of ether oxygens (including phenoxy) is 1. The van der Waals surface area contributed by atoms with E-state index in [4.69, 9.17) is 14.7 Å². The Kier molecular flexibility index (Phi) is 6.94. The molecular formula is C30H24N4O3. The second kappa shape index (κ2) is 10.8. The zero-order valence-corrected chi connectivity index (χ0v) is 20.2. The molecule has 2 heterocycles. The molecule has 1 amide bonds. The van der Waals surface area contributed by atoms with Gasteiger partial charge >= 0.3 is 5.97 Å². The van der Waals surface area contributed by atoms with E-state index in [9.17, 15) is 9.59 Å². The van der Waals surface area contributed by atoms with Crippen molar-refractivity contribution in [2.24, 2.45) is 0 Å².